The first kappa shape index (κ1) is 58.5. The van der Waals surface area contributed by atoms with Gasteiger partial charge in [-0.3, -0.25) is 15.0 Å². The Labute approximate surface area is 533 Å². The van der Waals surface area contributed by atoms with Gasteiger partial charge in [-0.05, 0) is 200 Å². The maximum absolute atomic E-state index is 6.33. The second-order valence-electron chi connectivity index (χ2n) is 25.7. The van der Waals surface area contributed by atoms with Crippen LogP contribution in [0.1, 0.15) is 171 Å². The Morgan fingerprint density at radius 2 is 0.922 bits per heavy atom. The van der Waals surface area contributed by atoms with Crippen LogP contribution in [0, 0.1) is 0 Å². The van der Waals surface area contributed by atoms with Gasteiger partial charge >= 0.3 is 7.12 Å². The molecule has 3 aliphatic heterocycles. The third-order valence-corrected chi connectivity index (χ3v) is 20.8. The molecule has 0 amide bonds. The minimum Gasteiger partial charge on any atom is -0.398 e. The molecule has 0 spiro atoms. The molecule has 14 heteroatoms. The van der Waals surface area contributed by atoms with Crippen LogP contribution in [0.2, 0.25) is 5.15 Å². The van der Waals surface area contributed by atoms with E-state index < -0.39 is 10.8 Å². The van der Waals surface area contributed by atoms with E-state index in [0.29, 0.717) is 5.15 Å². The van der Waals surface area contributed by atoms with Crippen molar-refractivity contribution in [2.24, 2.45) is 0 Å². The maximum Gasteiger partial charge on any atom is 0.514 e. The topological polar surface area (TPSA) is 124 Å². The van der Waals surface area contributed by atoms with Crippen LogP contribution in [-0.2, 0) is 55.3 Å². The molecule has 6 aromatic heterocycles. The lowest BCUT2D eigenvalue weighted by Crippen LogP contribution is -2.45. The number of aromatic nitrogens is 8. The number of aryl methyl sites for hydroxylation is 2. The Bertz CT molecular complexity index is 4140. The lowest BCUT2D eigenvalue weighted by molar-refractivity contribution is -0.0386. The highest BCUT2D eigenvalue weighted by atomic mass is 35.5. The second-order valence-corrected chi connectivity index (χ2v) is 26.1. The normalized spacial score (nSPS) is 22.5. The zero-order valence-electron chi connectivity index (χ0n) is 50.7. The van der Waals surface area contributed by atoms with E-state index in [1.165, 1.54) is 106 Å². The summed E-state index contributed by atoms with van der Waals surface area (Å²) in [6, 6.07) is 51.5. The Morgan fingerprint density at radius 1 is 0.467 bits per heavy atom. The fourth-order valence-corrected chi connectivity index (χ4v) is 16.2. The highest BCUT2D eigenvalue weighted by molar-refractivity contribution is 6.62. The van der Waals surface area contributed by atoms with Crippen molar-refractivity contribution in [3.05, 3.63) is 255 Å². The number of benzene rings is 4. The monoisotopic (exact) mass is 1210 g/mol. The minimum atomic E-state index is -0.487. The number of fused-ring (bicyclic) bond motifs is 9. The SMILES string of the molecule is C.CC12CC1(C)OB(c1c3c(nn1C1CCCCO1)CCCC3)O2.Clc1ccc(C2(c3cccnc3)c3ccccc3-c3ccccc32)cn1.c1cncc(C2(c3ccc(-c4c5c(nn4C4CCCCO4)CCCC5)nc3)c3ccccc3-c3ccccc32)c1. The number of hydrogen-bond donors (Lipinski definition) is 0. The molecule has 0 radical (unpaired) electrons. The van der Waals surface area contributed by atoms with Crippen molar-refractivity contribution < 1.29 is 18.8 Å². The molecule has 0 N–H and O–H groups in total. The van der Waals surface area contributed by atoms with Crippen LogP contribution in [0.25, 0.3) is 33.6 Å². The van der Waals surface area contributed by atoms with Gasteiger partial charge in [0.15, 0.2) is 6.23 Å². The first-order valence-electron chi connectivity index (χ1n) is 32.3. The summed E-state index contributed by atoms with van der Waals surface area (Å²) in [6.45, 7) is 5.96. The highest BCUT2D eigenvalue weighted by Crippen LogP contribution is 2.59. The number of pyridine rings is 4. The summed E-state index contributed by atoms with van der Waals surface area (Å²) < 4.78 is 29.2. The van der Waals surface area contributed by atoms with Crippen molar-refractivity contribution in [2.75, 3.05) is 13.2 Å². The van der Waals surface area contributed by atoms with Gasteiger partial charge in [-0.25, -0.2) is 14.3 Å². The molecule has 4 unspecified atom stereocenters. The number of hydrogen-bond acceptors (Lipinski definition) is 10. The summed E-state index contributed by atoms with van der Waals surface area (Å²) in [5.41, 5.74) is 21.9. The average molecular weight is 1210 g/mol. The third kappa shape index (κ3) is 9.55. The molecule has 10 aromatic rings. The number of nitrogens with zero attached hydrogens (tertiary/aromatic N) is 8. The maximum atomic E-state index is 6.33. The molecule has 4 aromatic carbocycles. The molecule has 18 rings (SSSR count). The third-order valence-electron chi connectivity index (χ3n) is 20.6. The van der Waals surface area contributed by atoms with Gasteiger partial charge in [0.25, 0.3) is 0 Å². The Balaban J connectivity index is 0.000000118. The Morgan fingerprint density at radius 3 is 1.39 bits per heavy atom. The van der Waals surface area contributed by atoms with Gasteiger partial charge in [-0.15, -0.1) is 0 Å². The average Bonchev–Trinajstić information content (AvgIpc) is 1.52. The van der Waals surface area contributed by atoms with Crippen molar-refractivity contribution >= 4 is 24.3 Å². The van der Waals surface area contributed by atoms with Gasteiger partial charge in [-0.2, -0.15) is 10.2 Å². The van der Waals surface area contributed by atoms with Gasteiger partial charge in [-0.1, -0.05) is 140 Å². The molecular weight excluding hydrogens is 1140 g/mol. The molecule has 9 heterocycles. The van der Waals surface area contributed by atoms with Crippen molar-refractivity contribution in [1.82, 2.24) is 39.5 Å². The largest absolute Gasteiger partial charge is 0.514 e. The van der Waals surface area contributed by atoms with Gasteiger partial charge in [0.05, 0.1) is 50.4 Å². The summed E-state index contributed by atoms with van der Waals surface area (Å²) in [5.74, 6) is 0. The smallest absolute Gasteiger partial charge is 0.398 e. The van der Waals surface area contributed by atoms with Crippen LogP contribution >= 0.6 is 11.6 Å². The van der Waals surface area contributed by atoms with Crippen LogP contribution in [0.5, 0.6) is 0 Å². The predicted molar refractivity (Wildman–Crippen MR) is 354 cm³/mol. The standard InChI is InChI=1S/C35H32N4O.C23H15ClN2.C17H25BN2O3.CH4/c1-4-14-29-26(11-1)27-12-2-5-15-30(27)35(29,24-10-9-20-36-22-24)25-18-19-32(37-23-25)34-28-13-3-6-16-31(28)38-39(34)33-17-7-8-21-40-33;24-22-12-11-17(15-26-22)23(16-6-5-13-25-14-16)20-9-3-1-7-18(20)19-8-2-4-10-21(19)23;1-16-11-17(16,2)23-18(22-16)15-12-7-3-4-8-13(12)19-20(15)14-9-5-6-10-21-14;/h1-2,4-5,9-12,14-15,18-20,22-23,33H,3,6-8,13,16-17,21H2;1-15H;14H,3-11H2,1-2H3;1H4. The van der Waals surface area contributed by atoms with Crippen molar-refractivity contribution in [3.63, 3.8) is 0 Å². The fourth-order valence-electron chi connectivity index (χ4n) is 16.1. The molecule has 90 heavy (non-hydrogen) atoms. The van der Waals surface area contributed by atoms with Crippen LogP contribution in [0.15, 0.2) is 183 Å². The zero-order valence-corrected chi connectivity index (χ0v) is 51.4. The van der Waals surface area contributed by atoms with Gasteiger partial charge in [0.2, 0.25) is 0 Å². The Hall–Kier alpha value is -7.91. The summed E-state index contributed by atoms with van der Waals surface area (Å²) >= 11 is 6.09. The van der Waals surface area contributed by atoms with E-state index in [-0.39, 0.29) is 38.2 Å². The van der Waals surface area contributed by atoms with Crippen LogP contribution in [0.4, 0.5) is 0 Å². The summed E-state index contributed by atoms with van der Waals surface area (Å²) in [7, 11) is -0.279. The molecule has 8 aliphatic rings. The minimum absolute atomic E-state index is 0. The molecule has 12 nitrogen and oxygen atoms in total. The first-order chi connectivity index (χ1) is 43.8. The summed E-state index contributed by atoms with van der Waals surface area (Å²) in [5, 5.41) is 10.5. The van der Waals surface area contributed by atoms with Gasteiger partial charge in [0, 0.05) is 62.4 Å². The lowest BCUT2D eigenvalue weighted by Gasteiger charge is -2.33. The summed E-state index contributed by atoms with van der Waals surface area (Å²) in [6.07, 6.45) is 28.5. The van der Waals surface area contributed by atoms with Crippen molar-refractivity contribution in [3.8, 4) is 33.6 Å². The molecule has 1 saturated carbocycles. The predicted octanol–water partition coefficient (Wildman–Crippen LogP) is 15.5. The second kappa shape index (κ2) is 23.7. The van der Waals surface area contributed by atoms with Crippen molar-refractivity contribution in [2.45, 2.75) is 152 Å². The fraction of sp³-hybridized carbons (Fsp3) is 0.342. The summed E-state index contributed by atoms with van der Waals surface area (Å²) in [4.78, 5) is 18.6. The van der Waals surface area contributed by atoms with Gasteiger partial charge < -0.3 is 18.8 Å². The number of rotatable bonds is 8. The van der Waals surface area contributed by atoms with Crippen LogP contribution in [-0.4, -0.2) is 71.0 Å². The molecule has 0 bridgehead atoms. The molecule has 4 fully saturated rings. The Kier molecular flexibility index (Phi) is 15.4. The highest BCUT2D eigenvalue weighted by Gasteiger charge is 2.72. The van der Waals surface area contributed by atoms with Crippen LogP contribution < -0.4 is 5.59 Å². The van der Waals surface area contributed by atoms with E-state index in [9.17, 15) is 0 Å². The van der Waals surface area contributed by atoms with Crippen molar-refractivity contribution in [1.29, 1.82) is 0 Å². The molecular formula is C76H76BClN8O4. The number of halogens is 1. The number of ether oxygens (including phenoxy) is 2. The van der Waals surface area contributed by atoms with E-state index in [0.717, 1.165) is 110 Å². The van der Waals surface area contributed by atoms with E-state index in [4.69, 9.17) is 45.6 Å². The quantitative estimate of drug-likeness (QED) is 0.107. The van der Waals surface area contributed by atoms with E-state index in [1.54, 1.807) is 0 Å². The zero-order chi connectivity index (χ0) is 59.7. The van der Waals surface area contributed by atoms with E-state index in [2.05, 4.69) is 172 Å². The first-order valence-corrected chi connectivity index (χ1v) is 32.7. The van der Waals surface area contributed by atoms with E-state index in [1.807, 2.05) is 49.2 Å². The molecule has 454 valence electrons. The van der Waals surface area contributed by atoms with Crippen LogP contribution in [0.3, 0.4) is 0 Å². The molecule has 3 saturated heterocycles. The molecule has 5 aliphatic carbocycles. The lowest BCUT2D eigenvalue weighted by atomic mass is 9.68. The van der Waals surface area contributed by atoms with Gasteiger partial charge in [0.1, 0.15) is 11.4 Å². The molecule has 4 atom stereocenters. The van der Waals surface area contributed by atoms with E-state index >= 15 is 0 Å².